The van der Waals surface area contributed by atoms with Crippen molar-refractivity contribution in [3.05, 3.63) is 65.9 Å². The molecule has 0 aromatic carbocycles. The van der Waals surface area contributed by atoms with Gasteiger partial charge in [0.25, 0.3) is 0 Å². The fourth-order valence-electron chi connectivity index (χ4n) is 3.00. The van der Waals surface area contributed by atoms with Crippen molar-refractivity contribution >= 4 is 17.3 Å². The number of hydrogen-bond acceptors (Lipinski definition) is 5. The molecule has 126 valence electrons. The van der Waals surface area contributed by atoms with Crippen LogP contribution in [-0.2, 0) is 6.42 Å². The smallest absolute Gasteiger partial charge is 0.151 e. The molecular formula is C19H19N5O. The Balaban J connectivity index is 1.64. The van der Waals surface area contributed by atoms with Crippen LogP contribution in [0.1, 0.15) is 28.8 Å². The Hall–Kier alpha value is -2.99. The molecule has 0 bridgehead atoms. The van der Waals surface area contributed by atoms with Crippen LogP contribution in [0.4, 0.5) is 0 Å². The monoisotopic (exact) mass is 333 g/mol. The van der Waals surface area contributed by atoms with Crippen molar-refractivity contribution in [1.29, 1.82) is 0 Å². The highest BCUT2D eigenvalue weighted by molar-refractivity contribution is 5.85. The van der Waals surface area contributed by atoms with Crippen molar-refractivity contribution in [3.63, 3.8) is 0 Å². The number of rotatable bonds is 6. The van der Waals surface area contributed by atoms with Gasteiger partial charge in [-0.3, -0.25) is 20.2 Å². The number of aromatic nitrogens is 3. The number of nitrogens with zero attached hydrogens (tertiary/aromatic N) is 3. The standard InChI is InChI=1S/C19H19N5O/c20-23-18(15-2-3-15)4-1-13-8-17(11-21-9-13)24-6-5-16-7-14(12-25)10-22-19(16)24/h4-12,15,23H,1-3,20H2/b18-4-. The van der Waals surface area contributed by atoms with Crippen LogP contribution in [0.25, 0.3) is 16.7 Å². The summed E-state index contributed by atoms with van der Waals surface area (Å²) in [5.41, 5.74) is 7.35. The van der Waals surface area contributed by atoms with Gasteiger partial charge in [0.05, 0.1) is 11.9 Å². The van der Waals surface area contributed by atoms with E-state index >= 15 is 0 Å². The maximum atomic E-state index is 10.9. The highest BCUT2D eigenvalue weighted by atomic mass is 16.1. The third-order valence-corrected chi connectivity index (χ3v) is 4.48. The van der Waals surface area contributed by atoms with Crippen molar-refractivity contribution < 1.29 is 4.79 Å². The third-order valence-electron chi connectivity index (χ3n) is 4.48. The molecule has 25 heavy (non-hydrogen) atoms. The van der Waals surface area contributed by atoms with Gasteiger partial charge in [-0.25, -0.2) is 4.98 Å². The molecule has 0 aliphatic heterocycles. The molecule has 3 N–H and O–H groups in total. The predicted molar refractivity (Wildman–Crippen MR) is 96.1 cm³/mol. The van der Waals surface area contributed by atoms with Gasteiger partial charge < -0.3 is 5.43 Å². The number of nitrogens with one attached hydrogen (secondary N) is 1. The summed E-state index contributed by atoms with van der Waals surface area (Å²) >= 11 is 0. The molecule has 4 rings (SSSR count). The Morgan fingerprint density at radius 2 is 2.20 bits per heavy atom. The van der Waals surface area contributed by atoms with E-state index in [4.69, 9.17) is 5.84 Å². The lowest BCUT2D eigenvalue weighted by molar-refractivity contribution is 0.112. The number of carbonyl (C=O) groups is 1. The number of hydrogen-bond donors (Lipinski definition) is 2. The first-order valence-corrected chi connectivity index (χ1v) is 8.32. The Kier molecular flexibility index (Phi) is 4.03. The summed E-state index contributed by atoms with van der Waals surface area (Å²) in [4.78, 5) is 19.7. The van der Waals surface area contributed by atoms with Crippen molar-refractivity contribution in [2.24, 2.45) is 11.8 Å². The van der Waals surface area contributed by atoms with Crippen LogP contribution in [-0.4, -0.2) is 20.8 Å². The summed E-state index contributed by atoms with van der Waals surface area (Å²) in [6.45, 7) is 0. The molecule has 0 radical (unpaired) electrons. The summed E-state index contributed by atoms with van der Waals surface area (Å²) in [5, 5.41) is 0.929. The fraction of sp³-hybridized carbons (Fsp3) is 0.211. The van der Waals surface area contributed by atoms with Crippen LogP contribution in [0.15, 0.2) is 54.8 Å². The van der Waals surface area contributed by atoms with Crippen LogP contribution in [0.2, 0.25) is 0 Å². The maximum absolute atomic E-state index is 10.9. The summed E-state index contributed by atoms with van der Waals surface area (Å²) in [5.74, 6) is 6.19. The summed E-state index contributed by atoms with van der Waals surface area (Å²) < 4.78 is 1.98. The van der Waals surface area contributed by atoms with E-state index in [9.17, 15) is 4.79 Å². The van der Waals surface area contributed by atoms with Crippen LogP contribution >= 0.6 is 0 Å². The molecule has 1 aliphatic rings. The molecule has 0 unspecified atom stereocenters. The molecule has 1 aliphatic carbocycles. The second-order valence-corrected chi connectivity index (χ2v) is 6.32. The van der Waals surface area contributed by atoms with E-state index < -0.39 is 0 Å². The average Bonchev–Trinajstić information content (AvgIpc) is 3.40. The molecule has 0 spiro atoms. The van der Waals surface area contributed by atoms with Gasteiger partial charge >= 0.3 is 0 Å². The molecule has 1 saturated carbocycles. The van der Waals surface area contributed by atoms with E-state index in [0.717, 1.165) is 40.7 Å². The Bertz CT molecular complexity index is 955. The molecule has 1 fully saturated rings. The minimum Gasteiger partial charge on any atom is -0.328 e. The zero-order valence-electron chi connectivity index (χ0n) is 13.7. The maximum Gasteiger partial charge on any atom is 0.151 e. The second-order valence-electron chi connectivity index (χ2n) is 6.32. The number of nitrogens with two attached hydrogens (primary N) is 1. The SMILES string of the molecule is NN/C(=C\Cc1cncc(-n2ccc3cc(C=O)cnc32)c1)C1CC1. The van der Waals surface area contributed by atoms with Gasteiger partial charge in [0, 0.05) is 35.2 Å². The lowest BCUT2D eigenvalue weighted by atomic mass is 10.1. The van der Waals surface area contributed by atoms with Crippen LogP contribution < -0.4 is 11.3 Å². The van der Waals surface area contributed by atoms with Gasteiger partial charge in [-0.1, -0.05) is 6.08 Å². The first-order valence-electron chi connectivity index (χ1n) is 8.32. The Morgan fingerprint density at radius 1 is 1.32 bits per heavy atom. The minimum atomic E-state index is 0.573. The number of allylic oxidation sites excluding steroid dienone is 2. The number of aldehydes is 1. The van der Waals surface area contributed by atoms with Crippen LogP contribution in [0.5, 0.6) is 0 Å². The van der Waals surface area contributed by atoms with Gasteiger partial charge in [-0.15, -0.1) is 0 Å². The lowest BCUT2D eigenvalue weighted by Crippen LogP contribution is -2.22. The molecule has 6 heteroatoms. The van der Waals surface area contributed by atoms with Crippen LogP contribution in [0.3, 0.4) is 0 Å². The summed E-state index contributed by atoms with van der Waals surface area (Å²) in [6.07, 6.45) is 13.3. The fourth-order valence-corrected chi connectivity index (χ4v) is 3.00. The Labute approximate surface area is 145 Å². The van der Waals surface area contributed by atoms with Gasteiger partial charge in [0.1, 0.15) is 5.65 Å². The number of hydrazine groups is 1. The molecule has 3 heterocycles. The van der Waals surface area contributed by atoms with Gasteiger partial charge in [-0.2, -0.15) is 0 Å². The largest absolute Gasteiger partial charge is 0.328 e. The molecule has 0 amide bonds. The van der Waals surface area contributed by atoms with E-state index in [2.05, 4.69) is 27.5 Å². The highest BCUT2D eigenvalue weighted by Crippen LogP contribution is 2.34. The topological polar surface area (TPSA) is 85.8 Å². The van der Waals surface area contributed by atoms with E-state index in [1.54, 1.807) is 6.20 Å². The third kappa shape index (κ3) is 3.16. The molecule has 3 aromatic heterocycles. The van der Waals surface area contributed by atoms with E-state index in [0.29, 0.717) is 11.5 Å². The highest BCUT2D eigenvalue weighted by Gasteiger charge is 2.25. The molecular weight excluding hydrogens is 314 g/mol. The van der Waals surface area contributed by atoms with Crippen molar-refractivity contribution in [3.8, 4) is 5.69 Å². The zero-order valence-corrected chi connectivity index (χ0v) is 13.7. The minimum absolute atomic E-state index is 0.573. The Morgan fingerprint density at radius 3 is 2.96 bits per heavy atom. The van der Waals surface area contributed by atoms with E-state index in [-0.39, 0.29) is 0 Å². The molecule has 0 saturated heterocycles. The number of carbonyl (C=O) groups excluding carboxylic acids is 1. The van der Waals surface area contributed by atoms with Crippen LogP contribution in [0, 0.1) is 5.92 Å². The van der Waals surface area contributed by atoms with Gasteiger partial charge in [0.15, 0.2) is 6.29 Å². The molecule has 6 nitrogen and oxygen atoms in total. The molecule has 0 atom stereocenters. The van der Waals surface area contributed by atoms with Crippen molar-refractivity contribution in [1.82, 2.24) is 20.0 Å². The number of fused-ring (bicyclic) bond motifs is 1. The first-order chi connectivity index (χ1) is 12.3. The zero-order chi connectivity index (χ0) is 17.2. The quantitative estimate of drug-likeness (QED) is 0.411. The first kappa shape index (κ1) is 15.5. The predicted octanol–water partition coefficient (Wildman–Crippen LogP) is 2.53. The van der Waals surface area contributed by atoms with Gasteiger partial charge in [0.2, 0.25) is 0 Å². The molecule has 3 aromatic rings. The average molecular weight is 333 g/mol. The van der Waals surface area contributed by atoms with E-state index in [1.165, 1.54) is 12.8 Å². The van der Waals surface area contributed by atoms with Gasteiger partial charge in [-0.05, 0) is 48.9 Å². The van der Waals surface area contributed by atoms with E-state index in [1.807, 2.05) is 35.3 Å². The summed E-state index contributed by atoms with van der Waals surface area (Å²) in [6, 6.07) is 5.88. The van der Waals surface area contributed by atoms with Crippen molar-refractivity contribution in [2.45, 2.75) is 19.3 Å². The van der Waals surface area contributed by atoms with Crippen molar-refractivity contribution in [2.75, 3.05) is 0 Å². The normalized spacial score (nSPS) is 14.7. The summed E-state index contributed by atoms with van der Waals surface area (Å²) in [7, 11) is 0. The second kappa shape index (κ2) is 6.49. The lowest BCUT2D eigenvalue weighted by Gasteiger charge is -2.07. The number of pyridine rings is 2.